The largest absolute Gasteiger partial charge is 0.497 e. The highest BCUT2D eigenvalue weighted by molar-refractivity contribution is 6.32. The van der Waals surface area contributed by atoms with Gasteiger partial charge in [0, 0.05) is 23.8 Å². The molecule has 0 aliphatic carbocycles. The van der Waals surface area contributed by atoms with Crippen molar-refractivity contribution in [3.63, 3.8) is 0 Å². The van der Waals surface area contributed by atoms with Gasteiger partial charge in [0.25, 0.3) is 11.6 Å². The molecular weight excluding hydrogens is 490 g/mol. The first-order valence-corrected chi connectivity index (χ1v) is 11.1. The number of hydrogen-bond donors (Lipinski definition) is 1. The minimum atomic E-state index is -0.467. The van der Waals surface area contributed by atoms with Gasteiger partial charge >= 0.3 is 0 Å². The topological polar surface area (TPSA) is 122 Å². The number of carbonyl (C=O) groups excluding carboxylic acids is 1. The zero-order chi connectivity index (χ0) is 26.1. The summed E-state index contributed by atoms with van der Waals surface area (Å²) in [5, 5.41) is 15.1. The van der Waals surface area contributed by atoms with E-state index in [-0.39, 0.29) is 17.3 Å². The van der Waals surface area contributed by atoms with Gasteiger partial charge in [-0.1, -0.05) is 11.6 Å². The van der Waals surface area contributed by atoms with E-state index in [1.165, 1.54) is 32.6 Å². The first-order chi connectivity index (χ1) is 17.3. The lowest BCUT2D eigenvalue weighted by atomic mass is 10.2. The third-order valence-corrected chi connectivity index (χ3v) is 5.14. The van der Waals surface area contributed by atoms with Gasteiger partial charge in [0.1, 0.15) is 18.1 Å². The molecule has 0 aliphatic heterocycles. The number of non-ortho nitro benzene ring substituents is 1. The van der Waals surface area contributed by atoms with Gasteiger partial charge < -0.3 is 18.9 Å². The molecule has 0 bridgehead atoms. The molecule has 11 heteroatoms. The number of rotatable bonds is 11. The van der Waals surface area contributed by atoms with Crippen LogP contribution in [-0.2, 0) is 6.61 Å². The summed E-state index contributed by atoms with van der Waals surface area (Å²) in [6.45, 7) is 2.31. The summed E-state index contributed by atoms with van der Waals surface area (Å²) in [4.78, 5) is 22.8. The van der Waals surface area contributed by atoms with Gasteiger partial charge in [-0.05, 0) is 54.4 Å². The normalized spacial score (nSPS) is 10.7. The van der Waals surface area contributed by atoms with Crippen LogP contribution in [0, 0.1) is 10.1 Å². The SMILES string of the molecule is CCOc1cc(/C=N\NC(=O)c2cc(OC)cc(OC)c2)cc(Cl)c1OCc1ccc([N+](=O)[O-])cc1. The third kappa shape index (κ3) is 6.86. The van der Waals surface area contributed by atoms with Crippen molar-refractivity contribution in [2.45, 2.75) is 13.5 Å². The fraction of sp³-hybridized carbons (Fsp3) is 0.200. The number of nitrogens with one attached hydrogen (secondary N) is 1. The zero-order valence-corrected chi connectivity index (χ0v) is 20.6. The van der Waals surface area contributed by atoms with Gasteiger partial charge in [-0.3, -0.25) is 14.9 Å². The number of hydrogen-bond acceptors (Lipinski definition) is 8. The third-order valence-electron chi connectivity index (χ3n) is 4.86. The van der Waals surface area contributed by atoms with Gasteiger partial charge in [0.05, 0.1) is 37.0 Å². The van der Waals surface area contributed by atoms with Crippen LogP contribution in [0.2, 0.25) is 5.02 Å². The van der Waals surface area contributed by atoms with Crippen molar-refractivity contribution < 1.29 is 28.7 Å². The van der Waals surface area contributed by atoms with Crippen LogP contribution in [0.4, 0.5) is 5.69 Å². The van der Waals surface area contributed by atoms with Crippen molar-refractivity contribution in [3.8, 4) is 23.0 Å². The van der Waals surface area contributed by atoms with E-state index in [4.69, 9.17) is 30.5 Å². The Bertz CT molecular complexity index is 1240. The summed E-state index contributed by atoms with van der Waals surface area (Å²) >= 11 is 6.44. The van der Waals surface area contributed by atoms with Crippen molar-refractivity contribution >= 4 is 29.4 Å². The lowest BCUT2D eigenvalue weighted by molar-refractivity contribution is -0.384. The summed E-state index contributed by atoms with van der Waals surface area (Å²) < 4.78 is 21.9. The fourth-order valence-corrected chi connectivity index (χ4v) is 3.38. The quantitative estimate of drug-likeness (QED) is 0.217. The van der Waals surface area contributed by atoms with Crippen molar-refractivity contribution in [2.24, 2.45) is 5.10 Å². The fourth-order valence-electron chi connectivity index (χ4n) is 3.10. The summed E-state index contributed by atoms with van der Waals surface area (Å²) in [5.41, 5.74) is 4.04. The van der Waals surface area contributed by atoms with Gasteiger partial charge in [-0.15, -0.1) is 0 Å². The van der Waals surface area contributed by atoms with Crippen LogP contribution in [0.5, 0.6) is 23.0 Å². The van der Waals surface area contributed by atoms with E-state index in [2.05, 4.69) is 10.5 Å². The molecule has 3 rings (SSSR count). The van der Waals surface area contributed by atoms with E-state index >= 15 is 0 Å². The van der Waals surface area contributed by atoms with Crippen LogP contribution in [0.1, 0.15) is 28.4 Å². The number of nitro groups is 1. The number of benzene rings is 3. The molecule has 36 heavy (non-hydrogen) atoms. The van der Waals surface area contributed by atoms with E-state index in [9.17, 15) is 14.9 Å². The van der Waals surface area contributed by atoms with Crippen LogP contribution >= 0.6 is 11.6 Å². The highest BCUT2D eigenvalue weighted by Crippen LogP contribution is 2.37. The highest BCUT2D eigenvalue weighted by atomic mass is 35.5. The number of hydrazone groups is 1. The first-order valence-electron chi connectivity index (χ1n) is 10.7. The Morgan fingerprint density at radius 3 is 2.31 bits per heavy atom. The van der Waals surface area contributed by atoms with Crippen LogP contribution in [0.25, 0.3) is 0 Å². The minimum Gasteiger partial charge on any atom is -0.497 e. The first kappa shape index (κ1) is 26.3. The molecule has 0 saturated carbocycles. The molecule has 188 valence electrons. The van der Waals surface area contributed by atoms with Crippen molar-refractivity contribution in [2.75, 3.05) is 20.8 Å². The van der Waals surface area contributed by atoms with Gasteiger partial charge in [0.15, 0.2) is 11.5 Å². The summed E-state index contributed by atoms with van der Waals surface area (Å²) in [6.07, 6.45) is 1.42. The van der Waals surface area contributed by atoms with Gasteiger partial charge in [-0.2, -0.15) is 5.10 Å². The number of carbonyl (C=O) groups is 1. The Labute approximate surface area is 212 Å². The monoisotopic (exact) mass is 513 g/mol. The standard InChI is InChI=1S/C25H24ClN3O7/c1-4-35-23-10-17(14-27-28-25(30)18-11-20(33-2)13-21(12-18)34-3)9-22(26)24(23)36-15-16-5-7-19(8-6-16)29(31)32/h5-14H,4,15H2,1-3H3,(H,28,30)/b27-14-. The van der Waals surface area contributed by atoms with Gasteiger partial charge in [0.2, 0.25) is 0 Å². The molecule has 0 unspecified atom stereocenters. The van der Waals surface area contributed by atoms with Crippen LogP contribution in [-0.4, -0.2) is 37.9 Å². The minimum absolute atomic E-state index is 0.00643. The summed E-state index contributed by atoms with van der Waals surface area (Å²) in [7, 11) is 2.99. The van der Waals surface area contributed by atoms with Crippen molar-refractivity contribution in [3.05, 3.63) is 86.4 Å². The van der Waals surface area contributed by atoms with E-state index in [0.29, 0.717) is 40.7 Å². The van der Waals surface area contributed by atoms with E-state index in [1.807, 2.05) is 6.92 Å². The lowest BCUT2D eigenvalue weighted by Gasteiger charge is -2.14. The molecule has 0 spiro atoms. The molecule has 10 nitrogen and oxygen atoms in total. The second-order valence-corrected chi connectivity index (χ2v) is 7.68. The molecule has 1 amide bonds. The second kappa shape index (κ2) is 12.4. The molecule has 0 aliphatic rings. The summed E-state index contributed by atoms with van der Waals surface area (Å²) in [5.74, 6) is 1.20. The maximum atomic E-state index is 12.5. The molecule has 1 N–H and O–H groups in total. The number of ether oxygens (including phenoxy) is 4. The van der Waals surface area contributed by atoms with E-state index in [1.54, 1.807) is 42.5 Å². The Balaban J connectivity index is 1.72. The second-order valence-electron chi connectivity index (χ2n) is 7.28. The molecule has 0 saturated heterocycles. The Morgan fingerprint density at radius 1 is 1.06 bits per heavy atom. The Hall–Kier alpha value is -4.31. The molecule has 3 aromatic carbocycles. The van der Waals surface area contributed by atoms with Crippen LogP contribution in [0.15, 0.2) is 59.7 Å². The van der Waals surface area contributed by atoms with E-state index in [0.717, 1.165) is 5.56 Å². The molecule has 0 aromatic heterocycles. The molecule has 0 radical (unpaired) electrons. The summed E-state index contributed by atoms with van der Waals surface area (Å²) in [6, 6.07) is 14.1. The van der Waals surface area contributed by atoms with E-state index < -0.39 is 10.8 Å². The average molecular weight is 514 g/mol. The highest BCUT2D eigenvalue weighted by Gasteiger charge is 2.14. The maximum absolute atomic E-state index is 12.5. The zero-order valence-electron chi connectivity index (χ0n) is 19.8. The van der Waals surface area contributed by atoms with Crippen LogP contribution in [0.3, 0.4) is 0 Å². The number of nitro benzene ring substituents is 1. The molecule has 0 heterocycles. The average Bonchev–Trinajstić information content (AvgIpc) is 2.88. The van der Waals surface area contributed by atoms with Crippen molar-refractivity contribution in [1.82, 2.24) is 5.43 Å². The maximum Gasteiger partial charge on any atom is 0.271 e. The van der Waals surface area contributed by atoms with Gasteiger partial charge in [-0.25, -0.2) is 5.43 Å². The predicted molar refractivity (Wildman–Crippen MR) is 135 cm³/mol. The smallest absolute Gasteiger partial charge is 0.271 e. The number of halogens is 1. The predicted octanol–water partition coefficient (Wildman–Crippen LogP) is 5.01. The molecule has 0 atom stereocenters. The lowest BCUT2D eigenvalue weighted by Crippen LogP contribution is -2.17. The van der Waals surface area contributed by atoms with Crippen LogP contribution < -0.4 is 24.4 Å². The number of amides is 1. The van der Waals surface area contributed by atoms with Crippen molar-refractivity contribution in [1.29, 1.82) is 0 Å². The Kier molecular flexibility index (Phi) is 9.07. The number of methoxy groups -OCH3 is 2. The molecular formula is C25H24ClN3O7. The number of nitrogens with zero attached hydrogens (tertiary/aromatic N) is 2. The molecule has 0 fully saturated rings. The molecule has 3 aromatic rings. The Morgan fingerprint density at radius 2 is 1.72 bits per heavy atom.